The van der Waals surface area contributed by atoms with Crippen molar-refractivity contribution in [2.75, 3.05) is 37.3 Å². The Morgan fingerprint density at radius 1 is 1.17 bits per heavy atom. The SMILES string of the molecule is Cc1c([C@@H](O)CN2CCC3(CC2)CC(=O)N(c2ccc(S(C)(=O)=O)nc2)C3)ccc2c1COC2=O. The third kappa shape index (κ3) is 4.46. The molecule has 2 fully saturated rings. The minimum Gasteiger partial charge on any atom is -0.457 e. The molecule has 0 aliphatic carbocycles. The van der Waals surface area contributed by atoms with Gasteiger partial charge >= 0.3 is 5.97 Å². The summed E-state index contributed by atoms with van der Waals surface area (Å²) in [5.74, 6) is -0.286. The van der Waals surface area contributed by atoms with Gasteiger partial charge in [-0.3, -0.25) is 4.79 Å². The van der Waals surface area contributed by atoms with E-state index in [1.54, 1.807) is 17.0 Å². The maximum absolute atomic E-state index is 12.8. The van der Waals surface area contributed by atoms with E-state index >= 15 is 0 Å². The van der Waals surface area contributed by atoms with E-state index in [-0.39, 0.29) is 28.9 Å². The molecule has 1 spiro atoms. The van der Waals surface area contributed by atoms with Crippen molar-refractivity contribution < 1.29 is 27.9 Å². The van der Waals surface area contributed by atoms with Crippen LogP contribution in [0.1, 0.15) is 52.4 Å². The second kappa shape index (κ2) is 8.69. The first-order valence-electron chi connectivity index (χ1n) is 11.7. The van der Waals surface area contributed by atoms with Crippen LogP contribution in [0.2, 0.25) is 0 Å². The summed E-state index contributed by atoms with van der Waals surface area (Å²) in [6.45, 7) is 4.79. The zero-order chi connectivity index (χ0) is 25.0. The van der Waals surface area contributed by atoms with Crippen LogP contribution >= 0.6 is 0 Å². The molecule has 5 rings (SSSR count). The number of aliphatic hydroxyl groups excluding tert-OH is 1. The molecular weight excluding hydrogens is 470 g/mol. The molecule has 0 saturated carbocycles. The van der Waals surface area contributed by atoms with Crippen LogP contribution in [0.5, 0.6) is 0 Å². The second-order valence-corrected chi connectivity index (χ2v) is 11.9. The Balaban J connectivity index is 1.21. The summed E-state index contributed by atoms with van der Waals surface area (Å²) in [5, 5.41) is 10.9. The second-order valence-electron chi connectivity index (χ2n) is 9.98. The van der Waals surface area contributed by atoms with Gasteiger partial charge in [0.15, 0.2) is 14.9 Å². The van der Waals surface area contributed by atoms with Crippen molar-refractivity contribution in [1.82, 2.24) is 9.88 Å². The van der Waals surface area contributed by atoms with Gasteiger partial charge < -0.3 is 19.6 Å². The molecule has 186 valence electrons. The summed E-state index contributed by atoms with van der Waals surface area (Å²) in [5.41, 5.74) is 3.64. The van der Waals surface area contributed by atoms with Crippen molar-refractivity contribution in [1.29, 1.82) is 0 Å². The maximum Gasteiger partial charge on any atom is 0.338 e. The smallest absolute Gasteiger partial charge is 0.338 e. The normalized spacial score (nSPS) is 20.8. The van der Waals surface area contributed by atoms with Gasteiger partial charge in [-0.1, -0.05) is 6.07 Å². The fourth-order valence-electron chi connectivity index (χ4n) is 5.50. The van der Waals surface area contributed by atoms with Gasteiger partial charge in [-0.2, -0.15) is 0 Å². The van der Waals surface area contributed by atoms with E-state index in [9.17, 15) is 23.1 Å². The standard InChI is InChI=1S/C25H29N3O6S/c1-16-18(4-5-19-20(16)14-34-24(19)31)21(29)13-27-9-7-25(8-10-27)11-23(30)28(15-25)17-3-6-22(26-12-17)35(2,32)33/h3-6,12,21,29H,7-11,13-15H2,1-2H3/t21-/m0/s1. The number of rotatable bonds is 5. The highest BCUT2D eigenvalue weighted by atomic mass is 32.2. The van der Waals surface area contributed by atoms with Crippen LogP contribution in [0.25, 0.3) is 0 Å². The number of cyclic esters (lactones) is 1. The molecule has 10 heteroatoms. The number of esters is 1. The van der Waals surface area contributed by atoms with Crippen molar-refractivity contribution >= 4 is 27.4 Å². The number of benzene rings is 1. The molecule has 0 unspecified atom stereocenters. The van der Waals surface area contributed by atoms with Gasteiger partial charge in [0.05, 0.1) is 23.6 Å². The number of β-amino-alcohol motifs (C(OH)–C–C–N with tert-alkyl or cyclic N) is 1. The number of ether oxygens (including phenoxy) is 1. The van der Waals surface area contributed by atoms with E-state index in [1.165, 1.54) is 12.3 Å². The summed E-state index contributed by atoms with van der Waals surface area (Å²) in [7, 11) is -3.39. The monoisotopic (exact) mass is 499 g/mol. The number of hydrogen-bond donors (Lipinski definition) is 1. The number of amides is 1. The maximum atomic E-state index is 12.8. The van der Waals surface area contributed by atoms with E-state index < -0.39 is 15.9 Å². The number of nitrogens with zero attached hydrogens (tertiary/aromatic N) is 3. The van der Waals surface area contributed by atoms with Crippen molar-refractivity contribution in [2.24, 2.45) is 5.41 Å². The molecule has 3 aliphatic heterocycles. The van der Waals surface area contributed by atoms with E-state index in [0.717, 1.165) is 48.9 Å². The summed E-state index contributed by atoms with van der Waals surface area (Å²) < 4.78 is 28.5. The highest BCUT2D eigenvalue weighted by molar-refractivity contribution is 7.90. The summed E-state index contributed by atoms with van der Waals surface area (Å²) in [6.07, 6.45) is 4.01. The summed E-state index contributed by atoms with van der Waals surface area (Å²) in [4.78, 5) is 32.6. The third-order valence-corrected chi connectivity index (χ3v) is 8.65. The largest absolute Gasteiger partial charge is 0.457 e. The number of anilines is 1. The molecule has 1 aromatic heterocycles. The quantitative estimate of drug-likeness (QED) is 0.621. The first-order chi connectivity index (χ1) is 16.6. The Bertz CT molecular complexity index is 1280. The highest BCUT2D eigenvalue weighted by Crippen LogP contribution is 2.43. The molecule has 2 aromatic rings. The number of sulfone groups is 1. The van der Waals surface area contributed by atoms with E-state index in [2.05, 4.69) is 9.88 Å². The highest BCUT2D eigenvalue weighted by Gasteiger charge is 2.45. The Morgan fingerprint density at radius 3 is 2.57 bits per heavy atom. The minimum atomic E-state index is -3.39. The van der Waals surface area contributed by atoms with Crippen LogP contribution in [-0.2, 0) is 26.0 Å². The summed E-state index contributed by atoms with van der Waals surface area (Å²) in [6, 6.07) is 6.63. The van der Waals surface area contributed by atoms with E-state index in [0.29, 0.717) is 30.8 Å². The number of likely N-dealkylation sites (tertiary alicyclic amines) is 1. The van der Waals surface area contributed by atoms with Crippen LogP contribution in [0, 0.1) is 12.3 Å². The molecule has 1 atom stereocenters. The van der Waals surface area contributed by atoms with Crippen LogP contribution in [0.3, 0.4) is 0 Å². The lowest BCUT2D eigenvalue weighted by molar-refractivity contribution is -0.118. The van der Waals surface area contributed by atoms with Gasteiger partial charge in [-0.15, -0.1) is 0 Å². The van der Waals surface area contributed by atoms with Crippen LogP contribution in [-0.4, -0.2) is 67.7 Å². The molecule has 3 aliphatic rings. The molecular formula is C25H29N3O6S. The lowest BCUT2D eigenvalue weighted by Crippen LogP contribution is -2.43. The van der Waals surface area contributed by atoms with Crippen molar-refractivity contribution in [3.63, 3.8) is 0 Å². The van der Waals surface area contributed by atoms with Gasteiger partial charge in [0.25, 0.3) is 0 Å². The fraction of sp³-hybridized carbons (Fsp3) is 0.480. The molecule has 0 bridgehead atoms. The van der Waals surface area contributed by atoms with Gasteiger partial charge in [0.1, 0.15) is 6.61 Å². The number of carbonyl (C=O) groups is 2. The Labute approximate surface area is 204 Å². The van der Waals surface area contributed by atoms with Gasteiger partial charge in [0, 0.05) is 31.3 Å². The lowest BCUT2D eigenvalue weighted by Gasteiger charge is -2.39. The van der Waals surface area contributed by atoms with Gasteiger partial charge in [0.2, 0.25) is 5.91 Å². The Hall–Kier alpha value is -2.82. The number of piperidine rings is 1. The molecule has 35 heavy (non-hydrogen) atoms. The topological polar surface area (TPSA) is 117 Å². The minimum absolute atomic E-state index is 0.00721. The Kier molecular flexibility index (Phi) is 5.93. The third-order valence-electron chi connectivity index (χ3n) is 7.65. The summed E-state index contributed by atoms with van der Waals surface area (Å²) >= 11 is 0. The Morgan fingerprint density at radius 2 is 1.91 bits per heavy atom. The predicted octanol–water partition coefficient (Wildman–Crippen LogP) is 2.02. The molecule has 0 radical (unpaired) electrons. The number of fused-ring (bicyclic) bond motifs is 1. The number of carbonyl (C=O) groups excluding carboxylic acids is 2. The molecule has 1 amide bonds. The van der Waals surface area contributed by atoms with Crippen molar-refractivity contribution in [3.8, 4) is 0 Å². The first kappa shape index (κ1) is 23.9. The number of aliphatic hydroxyl groups is 1. The molecule has 1 N–H and O–H groups in total. The molecule has 4 heterocycles. The molecule has 1 aromatic carbocycles. The van der Waals surface area contributed by atoms with Crippen molar-refractivity contribution in [3.05, 3.63) is 52.7 Å². The average molecular weight is 500 g/mol. The van der Waals surface area contributed by atoms with E-state index in [4.69, 9.17) is 4.74 Å². The van der Waals surface area contributed by atoms with Gasteiger partial charge in [-0.05, 0) is 67.6 Å². The van der Waals surface area contributed by atoms with Crippen LogP contribution in [0.4, 0.5) is 5.69 Å². The van der Waals surface area contributed by atoms with Gasteiger partial charge in [-0.25, -0.2) is 18.2 Å². The number of hydrogen-bond acceptors (Lipinski definition) is 8. The van der Waals surface area contributed by atoms with Crippen molar-refractivity contribution in [2.45, 2.75) is 43.9 Å². The average Bonchev–Trinajstić information content (AvgIpc) is 3.35. The van der Waals surface area contributed by atoms with Crippen LogP contribution in [0.15, 0.2) is 35.5 Å². The predicted molar refractivity (Wildman–Crippen MR) is 128 cm³/mol. The fourth-order valence-corrected chi connectivity index (χ4v) is 6.06. The van der Waals surface area contributed by atoms with Crippen LogP contribution < -0.4 is 4.90 Å². The zero-order valence-corrected chi connectivity index (χ0v) is 20.7. The van der Waals surface area contributed by atoms with E-state index in [1.807, 2.05) is 13.0 Å². The number of aromatic nitrogens is 1. The number of pyridine rings is 1. The first-order valence-corrected chi connectivity index (χ1v) is 13.6. The molecule has 9 nitrogen and oxygen atoms in total. The molecule has 2 saturated heterocycles. The zero-order valence-electron chi connectivity index (χ0n) is 19.9. The lowest BCUT2D eigenvalue weighted by atomic mass is 9.77.